The van der Waals surface area contributed by atoms with Crippen LogP contribution in [0.5, 0.6) is 0 Å². The van der Waals surface area contributed by atoms with Gasteiger partial charge in [0.05, 0.1) is 18.0 Å². The molecule has 2 rings (SSSR count). The number of hydrazone groups is 1. The van der Waals surface area contributed by atoms with Crippen molar-refractivity contribution in [3.63, 3.8) is 0 Å². The third-order valence-electron chi connectivity index (χ3n) is 3.41. The molecule has 0 spiro atoms. The maximum atomic E-state index is 11.9. The van der Waals surface area contributed by atoms with Gasteiger partial charge in [-0.1, -0.05) is 18.2 Å². The lowest BCUT2D eigenvalue weighted by atomic mass is 10.1. The number of anilines is 1. The lowest BCUT2D eigenvalue weighted by Crippen LogP contribution is -2.07. The van der Waals surface area contributed by atoms with Crippen LogP contribution in [0.1, 0.15) is 41.2 Å². The number of ether oxygens (including phenoxy) is 1. The topological polar surface area (TPSA) is 66.5 Å². The molecule has 0 saturated carbocycles. The first-order chi connectivity index (χ1) is 10.5. The Labute approximate surface area is 130 Å². The average molecular weight is 299 g/mol. The Hall–Kier alpha value is -2.56. The minimum Gasteiger partial charge on any atom is -0.461 e. The lowest BCUT2D eigenvalue weighted by Gasteiger charge is -2.05. The van der Waals surface area contributed by atoms with E-state index in [4.69, 9.17) is 4.74 Å². The third kappa shape index (κ3) is 3.36. The van der Waals surface area contributed by atoms with E-state index in [2.05, 4.69) is 15.5 Å². The van der Waals surface area contributed by atoms with Gasteiger partial charge in [-0.25, -0.2) is 4.79 Å². The zero-order valence-electron chi connectivity index (χ0n) is 13.4. The Morgan fingerprint density at radius 3 is 2.59 bits per heavy atom. The van der Waals surface area contributed by atoms with Gasteiger partial charge in [-0.15, -0.1) is 0 Å². The Bertz CT molecular complexity index is 687. The summed E-state index contributed by atoms with van der Waals surface area (Å²) in [5, 5.41) is 4.40. The number of para-hydroxylation sites is 1. The van der Waals surface area contributed by atoms with E-state index in [9.17, 15) is 4.79 Å². The van der Waals surface area contributed by atoms with E-state index in [-0.39, 0.29) is 5.97 Å². The van der Waals surface area contributed by atoms with E-state index in [1.54, 1.807) is 6.92 Å². The van der Waals surface area contributed by atoms with E-state index >= 15 is 0 Å². The maximum absolute atomic E-state index is 11.9. The van der Waals surface area contributed by atoms with Crippen LogP contribution in [0.3, 0.4) is 0 Å². The fourth-order valence-electron chi connectivity index (χ4n) is 2.42. The summed E-state index contributed by atoms with van der Waals surface area (Å²) in [5.74, 6) is -0.335. The van der Waals surface area contributed by atoms with Gasteiger partial charge in [0.1, 0.15) is 5.69 Å². The lowest BCUT2D eigenvalue weighted by molar-refractivity contribution is 0.0519. The molecule has 0 aliphatic heterocycles. The van der Waals surface area contributed by atoms with Crippen molar-refractivity contribution in [2.24, 2.45) is 5.10 Å². The average Bonchev–Trinajstić information content (AvgIpc) is 2.81. The summed E-state index contributed by atoms with van der Waals surface area (Å²) in [4.78, 5) is 15.0. The van der Waals surface area contributed by atoms with Crippen molar-refractivity contribution in [1.82, 2.24) is 4.98 Å². The molecule has 0 aliphatic carbocycles. The molecular weight excluding hydrogens is 278 g/mol. The molecule has 0 saturated heterocycles. The predicted octanol–water partition coefficient (Wildman–Crippen LogP) is 3.64. The second-order valence-corrected chi connectivity index (χ2v) is 5.02. The number of H-pyrrole nitrogens is 1. The zero-order chi connectivity index (χ0) is 16.1. The van der Waals surface area contributed by atoms with E-state index in [1.165, 1.54) is 0 Å². The molecule has 0 amide bonds. The van der Waals surface area contributed by atoms with E-state index in [1.807, 2.05) is 51.1 Å². The van der Waals surface area contributed by atoms with Gasteiger partial charge in [-0.05, 0) is 45.4 Å². The molecule has 0 bridgehead atoms. The number of aromatic amines is 1. The standard InChI is InChI=1S/C17H21N3O2/c1-5-22-17(21)16-11(2)15(12(3)18-16)13(4)19-20-14-9-7-6-8-10-14/h6-10,18,20H,5H2,1-4H3. The van der Waals surface area contributed by atoms with Gasteiger partial charge in [0.25, 0.3) is 0 Å². The minimum absolute atomic E-state index is 0.335. The van der Waals surface area contributed by atoms with Gasteiger partial charge < -0.3 is 9.72 Å². The number of carbonyl (C=O) groups is 1. The summed E-state index contributed by atoms with van der Waals surface area (Å²) >= 11 is 0. The molecule has 5 nitrogen and oxygen atoms in total. The first-order valence-electron chi connectivity index (χ1n) is 7.26. The summed E-state index contributed by atoms with van der Waals surface area (Å²) in [6.07, 6.45) is 0. The molecule has 0 radical (unpaired) electrons. The molecule has 5 heteroatoms. The van der Waals surface area contributed by atoms with Gasteiger partial charge in [-0.2, -0.15) is 5.10 Å². The smallest absolute Gasteiger partial charge is 0.355 e. The number of nitrogens with one attached hydrogen (secondary N) is 2. The number of hydrogen-bond acceptors (Lipinski definition) is 4. The summed E-state index contributed by atoms with van der Waals surface area (Å²) < 4.78 is 5.06. The van der Waals surface area contributed by atoms with Crippen molar-refractivity contribution in [2.75, 3.05) is 12.0 Å². The second kappa shape index (κ2) is 6.93. The first-order valence-corrected chi connectivity index (χ1v) is 7.26. The van der Waals surface area contributed by atoms with Gasteiger partial charge in [0.2, 0.25) is 0 Å². The van der Waals surface area contributed by atoms with Crippen molar-refractivity contribution in [3.8, 4) is 0 Å². The summed E-state index contributed by atoms with van der Waals surface area (Å²) in [7, 11) is 0. The molecule has 1 aromatic heterocycles. The van der Waals surface area contributed by atoms with Crippen LogP contribution < -0.4 is 5.43 Å². The summed E-state index contributed by atoms with van der Waals surface area (Å²) in [5.41, 5.74) is 7.92. The normalized spacial score (nSPS) is 11.4. The van der Waals surface area contributed by atoms with E-state index < -0.39 is 0 Å². The Morgan fingerprint density at radius 1 is 1.27 bits per heavy atom. The van der Waals surface area contributed by atoms with Crippen LogP contribution in [0.2, 0.25) is 0 Å². The number of esters is 1. The first kappa shape index (κ1) is 15.8. The molecule has 1 heterocycles. The number of rotatable bonds is 5. The monoisotopic (exact) mass is 299 g/mol. The van der Waals surface area contributed by atoms with Crippen LogP contribution in [0.25, 0.3) is 0 Å². The minimum atomic E-state index is -0.335. The molecule has 0 atom stereocenters. The molecule has 0 fully saturated rings. The Kier molecular flexibility index (Phi) is 4.99. The molecule has 0 unspecified atom stereocenters. The van der Waals surface area contributed by atoms with Crippen molar-refractivity contribution in [3.05, 3.63) is 52.8 Å². The number of benzene rings is 1. The predicted molar refractivity (Wildman–Crippen MR) is 88.5 cm³/mol. The van der Waals surface area contributed by atoms with Crippen molar-refractivity contribution in [2.45, 2.75) is 27.7 Å². The molecular formula is C17H21N3O2. The number of carbonyl (C=O) groups excluding carboxylic acids is 1. The molecule has 22 heavy (non-hydrogen) atoms. The van der Waals surface area contributed by atoms with Crippen LogP contribution in [0.15, 0.2) is 35.4 Å². The second-order valence-electron chi connectivity index (χ2n) is 5.02. The molecule has 0 aliphatic rings. The number of aromatic nitrogens is 1. The fraction of sp³-hybridized carbons (Fsp3) is 0.294. The number of nitrogens with zero attached hydrogens (tertiary/aromatic N) is 1. The molecule has 2 aromatic rings. The third-order valence-corrected chi connectivity index (χ3v) is 3.41. The SMILES string of the molecule is CCOC(=O)c1[nH]c(C)c(C(C)=NNc2ccccc2)c1C. The van der Waals surface area contributed by atoms with Crippen molar-refractivity contribution >= 4 is 17.4 Å². The van der Waals surface area contributed by atoms with Crippen LogP contribution in [0.4, 0.5) is 5.69 Å². The summed E-state index contributed by atoms with van der Waals surface area (Å²) in [6.45, 7) is 7.88. The molecule has 1 aromatic carbocycles. The Balaban J connectivity index is 2.26. The zero-order valence-corrected chi connectivity index (χ0v) is 13.4. The van der Waals surface area contributed by atoms with Gasteiger partial charge in [0.15, 0.2) is 0 Å². The number of aryl methyl sites for hydroxylation is 1. The highest BCUT2D eigenvalue weighted by Crippen LogP contribution is 2.20. The van der Waals surface area contributed by atoms with Crippen LogP contribution in [-0.4, -0.2) is 23.3 Å². The highest BCUT2D eigenvalue weighted by atomic mass is 16.5. The maximum Gasteiger partial charge on any atom is 0.355 e. The molecule has 2 N–H and O–H groups in total. The quantitative estimate of drug-likeness (QED) is 0.503. The van der Waals surface area contributed by atoms with E-state index in [0.717, 1.165) is 28.2 Å². The number of hydrogen-bond donors (Lipinski definition) is 2. The fourth-order valence-corrected chi connectivity index (χ4v) is 2.42. The van der Waals surface area contributed by atoms with Crippen LogP contribution >= 0.6 is 0 Å². The highest BCUT2D eigenvalue weighted by Gasteiger charge is 2.19. The van der Waals surface area contributed by atoms with Crippen LogP contribution in [0, 0.1) is 13.8 Å². The van der Waals surface area contributed by atoms with Gasteiger partial charge in [-0.3, -0.25) is 5.43 Å². The molecule has 116 valence electrons. The van der Waals surface area contributed by atoms with Gasteiger partial charge >= 0.3 is 5.97 Å². The largest absolute Gasteiger partial charge is 0.461 e. The van der Waals surface area contributed by atoms with Crippen LogP contribution in [-0.2, 0) is 4.74 Å². The van der Waals surface area contributed by atoms with Crippen molar-refractivity contribution < 1.29 is 9.53 Å². The van der Waals surface area contributed by atoms with E-state index in [0.29, 0.717) is 12.3 Å². The van der Waals surface area contributed by atoms with Crippen molar-refractivity contribution in [1.29, 1.82) is 0 Å². The highest BCUT2D eigenvalue weighted by molar-refractivity contribution is 6.04. The summed E-state index contributed by atoms with van der Waals surface area (Å²) in [6, 6.07) is 9.72. The van der Waals surface area contributed by atoms with Gasteiger partial charge in [0, 0.05) is 11.3 Å². The Morgan fingerprint density at radius 2 is 1.95 bits per heavy atom.